The van der Waals surface area contributed by atoms with E-state index in [1.165, 1.54) is 0 Å². The smallest absolute Gasteiger partial charge is 0.243 e. The van der Waals surface area contributed by atoms with Gasteiger partial charge in [-0.25, -0.2) is 0 Å². The number of carbonyl (C=O) groups is 5. The highest BCUT2D eigenvalue weighted by molar-refractivity contribution is 5.95. The van der Waals surface area contributed by atoms with Crippen molar-refractivity contribution in [1.82, 2.24) is 21.3 Å². The quantitative estimate of drug-likeness (QED) is 0.144. The first kappa shape index (κ1) is 30.0. The third kappa shape index (κ3) is 10.4. The topological polar surface area (TPSA) is 198 Å². The zero-order valence-electron chi connectivity index (χ0n) is 22.0. The predicted octanol–water partition coefficient (Wildman–Crippen LogP) is -0.258. The van der Waals surface area contributed by atoms with Gasteiger partial charge in [0.2, 0.25) is 23.6 Å². The summed E-state index contributed by atoms with van der Waals surface area (Å²) in [6.07, 6.45) is 5.26. The second kappa shape index (κ2) is 15.2. The van der Waals surface area contributed by atoms with Crippen LogP contribution in [0.15, 0.2) is 4.99 Å². The molecule has 12 heteroatoms. The molecule has 1 heterocycles. The molecule has 2 fully saturated rings. The van der Waals surface area contributed by atoms with E-state index in [1.807, 2.05) is 0 Å². The molecule has 1 aliphatic carbocycles. The van der Waals surface area contributed by atoms with Gasteiger partial charge in [0.05, 0.1) is 6.04 Å². The largest absolute Gasteiger partial charge is 0.370 e. The highest BCUT2D eigenvalue weighted by Crippen LogP contribution is 2.26. The van der Waals surface area contributed by atoms with Crippen LogP contribution in [0.5, 0.6) is 0 Å². The molecule has 208 valence electrons. The van der Waals surface area contributed by atoms with E-state index < -0.39 is 29.9 Å². The number of hydrogen-bond acceptors (Lipinski definition) is 6. The second-order valence-electron chi connectivity index (χ2n) is 10.0. The lowest BCUT2D eigenvalue weighted by atomic mass is 10.00. The number of amides is 4. The van der Waals surface area contributed by atoms with Crippen molar-refractivity contribution in [1.29, 1.82) is 0 Å². The molecule has 0 spiro atoms. The standard InChI is InChI=1S/C25H43N7O5/c1-3-4-5-7-19-24(37)31-18(8-6-13-28-25(26)27)20(33)11-12-21(34)29-15(2)22(35)30-17-10-9-16(14-17)23(36)32-19/h15-19H,3-14H2,1-2H3,(H,29,34)(H,30,35)(H,31,37)(H,32,36)(H4,26,27,28)/t15-,16?,17?,18-,19-/m0/s1. The second-order valence-corrected chi connectivity index (χ2v) is 10.0. The Balaban J connectivity index is 2.23. The van der Waals surface area contributed by atoms with E-state index in [1.54, 1.807) is 6.92 Å². The first-order valence-electron chi connectivity index (χ1n) is 13.4. The van der Waals surface area contributed by atoms with E-state index in [2.05, 4.69) is 33.2 Å². The molecule has 2 unspecified atom stereocenters. The average Bonchev–Trinajstić information content (AvgIpc) is 3.31. The summed E-state index contributed by atoms with van der Waals surface area (Å²) in [5.74, 6) is -2.11. The summed E-state index contributed by atoms with van der Waals surface area (Å²) in [5.41, 5.74) is 10.7. The van der Waals surface area contributed by atoms with Gasteiger partial charge in [0.15, 0.2) is 11.7 Å². The Morgan fingerprint density at radius 2 is 1.54 bits per heavy atom. The van der Waals surface area contributed by atoms with Gasteiger partial charge in [0.1, 0.15) is 12.1 Å². The van der Waals surface area contributed by atoms with Crippen LogP contribution < -0.4 is 32.7 Å². The number of hydrogen-bond donors (Lipinski definition) is 6. The van der Waals surface area contributed by atoms with Crippen LogP contribution >= 0.6 is 0 Å². The van der Waals surface area contributed by atoms with Crippen LogP contribution in [-0.4, -0.2) is 66.1 Å². The molecule has 1 saturated carbocycles. The number of nitrogens with two attached hydrogens (primary N) is 2. The van der Waals surface area contributed by atoms with Crippen molar-refractivity contribution in [2.24, 2.45) is 22.4 Å². The van der Waals surface area contributed by atoms with Crippen LogP contribution in [0.25, 0.3) is 0 Å². The number of rotatable bonds is 8. The van der Waals surface area contributed by atoms with Gasteiger partial charge in [-0.3, -0.25) is 29.0 Å². The zero-order chi connectivity index (χ0) is 27.4. The Labute approximate surface area is 218 Å². The number of Topliss-reactive ketones (excluding diaryl/α,β-unsaturated/α-hetero) is 1. The van der Waals surface area contributed by atoms with Crippen molar-refractivity contribution < 1.29 is 24.0 Å². The van der Waals surface area contributed by atoms with Gasteiger partial charge in [0, 0.05) is 31.3 Å². The summed E-state index contributed by atoms with van der Waals surface area (Å²) in [6, 6.07) is -2.59. The van der Waals surface area contributed by atoms with Crippen LogP contribution in [0.1, 0.15) is 84.5 Å². The van der Waals surface area contributed by atoms with E-state index in [-0.39, 0.29) is 61.3 Å². The van der Waals surface area contributed by atoms with Gasteiger partial charge < -0.3 is 32.7 Å². The van der Waals surface area contributed by atoms with Gasteiger partial charge in [0.25, 0.3) is 0 Å². The van der Waals surface area contributed by atoms with Crippen LogP contribution in [0.3, 0.4) is 0 Å². The fourth-order valence-electron chi connectivity index (χ4n) is 4.71. The summed E-state index contributed by atoms with van der Waals surface area (Å²) < 4.78 is 0. The van der Waals surface area contributed by atoms with Crippen molar-refractivity contribution in [3.63, 3.8) is 0 Å². The number of guanidine groups is 1. The van der Waals surface area contributed by atoms with E-state index in [9.17, 15) is 24.0 Å². The van der Waals surface area contributed by atoms with Crippen molar-refractivity contribution >= 4 is 35.4 Å². The zero-order valence-corrected chi connectivity index (χ0v) is 22.0. The Morgan fingerprint density at radius 3 is 2.24 bits per heavy atom. The maximum absolute atomic E-state index is 13.3. The third-order valence-corrected chi connectivity index (χ3v) is 6.90. The molecule has 1 aliphatic heterocycles. The minimum Gasteiger partial charge on any atom is -0.370 e. The fourth-order valence-corrected chi connectivity index (χ4v) is 4.71. The summed E-state index contributed by atoms with van der Waals surface area (Å²) in [6.45, 7) is 3.92. The number of aliphatic imine (C=N–C) groups is 1. The van der Waals surface area contributed by atoms with Gasteiger partial charge in [-0.1, -0.05) is 26.2 Å². The lowest BCUT2D eigenvalue weighted by molar-refractivity contribution is -0.133. The summed E-state index contributed by atoms with van der Waals surface area (Å²) in [7, 11) is 0. The molecule has 8 N–H and O–H groups in total. The molecular formula is C25H43N7O5. The highest BCUT2D eigenvalue weighted by Gasteiger charge is 2.34. The number of nitrogens with one attached hydrogen (secondary N) is 4. The molecule has 12 nitrogen and oxygen atoms in total. The molecular weight excluding hydrogens is 478 g/mol. The Morgan fingerprint density at radius 1 is 0.838 bits per heavy atom. The lowest BCUT2D eigenvalue weighted by Gasteiger charge is -2.24. The first-order chi connectivity index (χ1) is 17.6. The molecule has 5 atom stereocenters. The van der Waals surface area contributed by atoms with Gasteiger partial charge in [-0.15, -0.1) is 0 Å². The number of fused-ring (bicyclic) bond motifs is 2. The molecule has 0 aromatic heterocycles. The van der Waals surface area contributed by atoms with E-state index >= 15 is 0 Å². The predicted molar refractivity (Wildman–Crippen MR) is 139 cm³/mol. The van der Waals surface area contributed by atoms with Crippen LogP contribution in [0.2, 0.25) is 0 Å². The van der Waals surface area contributed by atoms with Crippen molar-refractivity contribution in [2.45, 2.75) is 109 Å². The molecule has 0 aromatic rings. The Bertz CT molecular complexity index is 858. The molecule has 37 heavy (non-hydrogen) atoms. The van der Waals surface area contributed by atoms with Crippen molar-refractivity contribution in [3.05, 3.63) is 0 Å². The summed E-state index contributed by atoms with van der Waals surface area (Å²) in [4.78, 5) is 68.2. The Kier molecular flexibility index (Phi) is 12.3. The molecule has 1 saturated heterocycles. The van der Waals surface area contributed by atoms with Crippen molar-refractivity contribution in [2.75, 3.05) is 6.54 Å². The van der Waals surface area contributed by atoms with E-state index in [0.29, 0.717) is 32.1 Å². The molecule has 2 bridgehead atoms. The maximum Gasteiger partial charge on any atom is 0.243 e. The summed E-state index contributed by atoms with van der Waals surface area (Å²) >= 11 is 0. The number of carbonyl (C=O) groups excluding carboxylic acids is 5. The van der Waals surface area contributed by atoms with E-state index in [4.69, 9.17) is 11.5 Å². The normalized spacial score (nSPS) is 27.9. The van der Waals surface area contributed by atoms with Gasteiger partial charge in [-0.2, -0.15) is 0 Å². The minimum atomic E-state index is -0.854. The molecule has 0 aromatic carbocycles. The number of unbranched alkanes of at least 4 members (excludes halogenated alkanes) is 2. The highest BCUT2D eigenvalue weighted by atomic mass is 16.2. The Hall–Kier alpha value is -3.18. The fraction of sp³-hybridized carbons (Fsp3) is 0.760. The van der Waals surface area contributed by atoms with Crippen LogP contribution in [0.4, 0.5) is 0 Å². The number of ketones is 1. The van der Waals surface area contributed by atoms with Crippen LogP contribution in [0, 0.1) is 5.92 Å². The molecule has 2 rings (SSSR count). The molecule has 0 radical (unpaired) electrons. The van der Waals surface area contributed by atoms with Gasteiger partial charge >= 0.3 is 0 Å². The van der Waals surface area contributed by atoms with E-state index in [0.717, 1.165) is 19.3 Å². The molecule has 4 amide bonds. The van der Waals surface area contributed by atoms with Crippen molar-refractivity contribution in [3.8, 4) is 0 Å². The third-order valence-electron chi connectivity index (χ3n) is 6.90. The summed E-state index contributed by atoms with van der Waals surface area (Å²) in [5, 5.41) is 11.2. The average molecular weight is 522 g/mol. The van der Waals surface area contributed by atoms with Gasteiger partial charge in [-0.05, 0) is 45.4 Å². The molecule has 2 aliphatic rings. The monoisotopic (exact) mass is 521 g/mol. The SMILES string of the molecule is CCCCC[C@@H]1NC(=O)C2CCC(C2)NC(=O)[C@H](C)NC(=O)CCC(=O)[C@H](CCCN=C(N)N)NC1=O. The minimum absolute atomic E-state index is 0.0630. The first-order valence-corrected chi connectivity index (χ1v) is 13.4. The lowest BCUT2D eigenvalue weighted by Crippen LogP contribution is -2.52. The number of nitrogens with zero attached hydrogens (tertiary/aromatic N) is 1. The van der Waals surface area contributed by atoms with Crippen LogP contribution in [-0.2, 0) is 24.0 Å². The maximum atomic E-state index is 13.3.